The van der Waals surface area contributed by atoms with E-state index in [0.29, 0.717) is 18.0 Å². The summed E-state index contributed by atoms with van der Waals surface area (Å²) in [6.45, 7) is 2.37. The number of aromatic nitrogens is 3. The maximum atomic E-state index is 12.5. The third-order valence-electron chi connectivity index (χ3n) is 5.45. The second-order valence-electron chi connectivity index (χ2n) is 8.00. The van der Waals surface area contributed by atoms with Gasteiger partial charge in [-0.3, -0.25) is 0 Å². The molecule has 0 amide bonds. The first-order valence-electron chi connectivity index (χ1n) is 11.6. The number of esters is 1. The van der Waals surface area contributed by atoms with Crippen molar-refractivity contribution in [1.29, 1.82) is 0 Å². The summed E-state index contributed by atoms with van der Waals surface area (Å²) in [6, 6.07) is 20.8. The van der Waals surface area contributed by atoms with Crippen LogP contribution in [0.1, 0.15) is 28.7 Å². The number of nitrogens with zero attached hydrogens (tertiary/aromatic N) is 3. The summed E-state index contributed by atoms with van der Waals surface area (Å²) in [6.07, 6.45) is -4.73. The Morgan fingerprint density at radius 3 is 2.11 bits per heavy atom. The van der Waals surface area contributed by atoms with Crippen LogP contribution >= 0.6 is 11.8 Å². The minimum absolute atomic E-state index is 0.172. The van der Waals surface area contributed by atoms with Gasteiger partial charge in [-0.05, 0) is 60.0 Å². The molecule has 0 saturated heterocycles. The van der Waals surface area contributed by atoms with Gasteiger partial charge in [-0.2, -0.15) is 0 Å². The van der Waals surface area contributed by atoms with Crippen LogP contribution in [0.4, 0.5) is 13.2 Å². The van der Waals surface area contributed by atoms with E-state index in [2.05, 4.69) is 15.0 Å². The zero-order chi connectivity index (χ0) is 27.1. The molecule has 4 rings (SSSR count). The fourth-order valence-electron chi connectivity index (χ4n) is 3.61. The second-order valence-corrected chi connectivity index (χ2v) is 9.04. The van der Waals surface area contributed by atoms with Gasteiger partial charge in [0.05, 0.1) is 26.0 Å². The van der Waals surface area contributed by atoms with Crippen molar-refractivity contribution >= 4 is 17.7 Å². The number of halogens is 3. The molecule has 198 valence electrons. The minimum Gasteiger partial charge on any atom is -0.497 e. The molecule has 0 bridgehead atoms. The molecule has 0 spiro atoms. The first-order valence-corrected chi connectivity index (χ1v) is 12.6. The Labute approximate surface area is 221 Å². The van der Waals surface area contributed by atoms with Crippen LogP contribution in [-0.4, -0.2) is 41.0 Å². The predicted molar refractivity (Wildman–Crippen MR) is 136 cm³/mol. The van der Waals surface area contributed by atoms with Gasteiger partial charge in [0.15, 0.2) is 5.69 Å². The molecule has 0 unspecified atom stereocenters. The van der Waals surface area contributed by atoms with Crippen LogP contribution < -0.4 is 9.47 Å². The molecule has 0 fully saturated rings. The van der Waals surface area contributed by atoms with Crippen molar-refractivity contribution in [3.63, 3.8) is 0 Å². The Morgan fingerprint density at radius 1 is 0.921 bits per heavy atom. The number of benzene rings is 3. The molecule has 0 radical (unpaired) electrons. The van der Waals surface area contributed by atoms with Gasteiger partial charge >= 0.3 is 12.3 Å². The van der Waals surface area contributed by atoms with Crippen LogP contribution in [0.25, 0.3) is 11.1 Å². The number of rotatable bonds is 10. The summed E-state index contributed by atoms with van der Waals surface area (Å²) in [5.74, 6) is 0.354. The molecule has 4 aromatic rings. The van der Waals surface area contributed by atoms with Crippen molar-refractivity contribution in [2.75, 3.05) is 13.7 Å². The van der Waals surface area contributed by atoms with Gasteiger partial charge in [-0.15, -0.1) is 30.0 Å². The first kappa shape index (κ1) is 27.1. The third kappa shape index (κ3) is 7.06. The lowest BCUT2D eigenvalue weighted by atomic mass is 10.1. The first-order chi connectivity index (χ1) is 18.3. The molecule has 3 aromatic carbocycles. The van der Waals surface area contributed by atoms with E-state index in [1.807, 2.05) is 48.5 Å². The number of methoxy groups -OCH3 is 1. The lowest BCUT2D eigenvalue weighted by Crippen LogP contribution is -2.16. The molecule has 1 aromatic heterocycles. The van der Waals surface area contributed by atoms with E-state index in [-0.39, 0.29) is 18.1 Å². The minimum atomic E-state index is -4.73. The molecular formula is C27H24F3N3O4S. The standard InChI is InChI=1S/C27H24F3N3O4S/c1-3-36-26(34)25-24(33(32-31-25)16-18-4-10-21(35-2)11-5-18)17-38-23-14-8-20(9-15-23)19-6-12-22(13-7-19)37-27(28,29)30/h4-15H,3,16-17H2,1-2H3. The zero-order valence-corrected chi connectivity index (χ0v) is 21.4. The quantitative estimate of drug-likeness (QED) is 0.170. The highest BCUT2D eigenvalue weighted by Gasteiger charge is 2.31. The molecule has 0 N–H and O–H groups in total. The molecule has 38 heavy (non-hydrogen) atoms. The fourth-order valence-corrected chi connectivity index (χ4v) is 4.53. The van der Waals surface area contributed by atoms with E-state index in [9.17, 15) is 18.0 Å². The van der Waals surface area contributed by atoms with Crippen LogP contribution in [0.3, 0.4) is 0 Å². The molecule has 0 atom stereocenters. The predicted octanol–water partition coefficient (Wildman–Crippen LogP) is 6.37. The molecule has 11 heteroatoms. The maximum Gasteiger partial charge on any atom is 0.573 e. The molecule has 0 aliphatic carbocycles. The third-order valence-corrected chi connectivity index (χ3v) is 6.47. The summed E-state index contributed by atoms with van der Waals surface area (Å²) in [5.41, 5.74) is 3.36. The number of alkyl halides is 3. The van der Waals surface area contributed by atoms with Gasteiger partial charge in [-0.25, -0.2) is 9.48 Å². The molecule has 7 nitrogen and oxygen atoms in total. The van der Waals surface area contributed by atoms with Crippen LogP contribution in [0, 0.1) is 0 Å². The molecule has 0 aliphatic heterocycles. The van der Waals surface area contributed by atoms with E-state index in [4.69, 9.17) is 9.47 Å². The lowest BCUT2D eigenvalue weighted by molar-refractivity contribution is -0.274. The molecular weight excluding hydrogens is 519 g/mol. The fraction of sp³-hybridized carbons (Fsp3) is 0.222. The van der Waals surface area contributed by atoms with Crippen molar-refractivity contribution in [2.45, 2.75) is 30.5 Å². The van der Waals surface area contributed by atoms with Gasteiger partial charge in [0.2, 0.25) is 0 Å². The summed E-state index contributed by atoms with van der Waals surface area (Å²) in [4.78, 5) is 13.4. The SMILES string of the molecule is CCOC(=O)c1nnn(Cc2ccc(OC)cc2)c1CSc1ccc(-c2ccc(OC(F)(F)F)cc2)cc1. The Hall–Kier alpha value is -3.99. The highest BCUT2D eigenvalue weighted by atomic mass is 32.2. The Kier molecular flexibility index (Phi) is 8.57. The Balaban J connectivity index is 1.48. The maximum absolute atomic E-state index is 12.5. The second kappa shape index (κ2) is 12.0. The summed E-state index contributed by atoms with van der Waals surface area (Å²) in [7, 11) is 1.60. The monoisotopic (exact) mass is 543 g/mol. The van der Waals surface area contributed by atoms with Gasteiger partial charge in [0.1, 0.15) is 11.5 Å². The van der Waals surface area contributed by atoms with Gasteiger partial charge in [0, 0.05) is 10.6 Å². The summed E-state index contributed by atoms with van der Waals surface area (Å²) < 4.78 is 53.1. The number of hydrogen-bond donors (Lipinski definition) is 0. The van der Waals surface area contributed by atoms with Crippen LogP contribution in [0.2, 0.25) is 0 Å². The van der Waals surface area contributed by atoms with Crippen molar-refractivity contribution in [2.24, 2.45) is 0 Å². The van der Waals surface area contributed by atoms with Crippen LogP contribution in [0.15, 0.2) is 77.7 Å². The van der Waals surface area contributed by atoms with Crippen molar-refractivity contribution < 1.29 is 32.2 Å². The van der Waals surface area contributed by atoms with Gasteiger partial charge < -0.3 is 14.2 Å². The zero-order valence-electron chi connectivity index (χ0n) is 20.6. The highest BCUT2D eigenvalue weighted by molar-refractivity contribution is 7.98. The average molecular weight is 544 g/mol. The smallest absolute Gasteiger partial charge is 0.497 e. The van der Waals surface area contributed by atoms with Gasteiger partial charge in [0.25, 0.3) is 0 Å². The number of carbonyl (C=O) groups excluding carboxylic acids is 1. The summed E-state index contributed by atoms with van der Waals surface area (Å²) >= 11 is 1.50. The highest BCUT2D eigenvalue weighted by Crippen LogP contribution is 2.30. The van der Waals surface area contributed by atoms with Crippen molar-refractivity contribution in [3.05, 3.63) is 89.7 Å². The van der Waals surface area contributed by atoms with E-state index in [0.717, 1.165) is 27.3 Å². The Morgan fingerprint density at radius 2 is 1.53 bits per heavy atom. The average Bonchev–Trinajstić information content (AvgIpc) is 3.30. The van der Waals surface area contributed by atoms with E-state index in [1.54, 1.807) is 30.8 Å². The van der Waals surface area contributed by atoms with Crippen LogP contribution in [0.5, 0.6) is 11.5 Å². The van der Waals surface area contributed by atoms with E-state index < -0.39 is 12.3 Å². The Bertz CT molecular complexity index is 1360. The number of carbonyl (C=O) groups is 1. The number of hydrogen-bond acceptors (Lipinski definition) is 7. The molecule has 1 heterocycles. The topological polar surface area (TPSA) is 75.5 Å². The van der Waals surface area contributed by atoms with Crippen molar-refractivity contribution in [3.8, 4) is 22.6 Å². The van der Waals surface area contributed by atoms with Crippen molar-refractivity contribution in [1.82, 2.24) is 15.0 Å². The molecule has 0 saturated carbocycles. The lowest BCUT2D eigenvalue weighted by Gasteiger charge is -2.10. The van der Waals surface area contributed by atoms with E-state index in [1.165, 1.54) is 23.9 Å². The van der Waals surface area contributed by atoms with Gasteiger partial charge in [-0.1, -0.05) is 41.6 Å². The number of ether oxygens (including phenoxy) is 3. The van der Waals surface area contributed by atoms with E-state index >= 15 is 0 Å². The summed E-state index contributed by atoms with van der Waals surface area (Å²) in [5, 5.41) is 8.27. The number of thioether (sulfide) groups is 1. The van der Waals surface area contributed by atoms with Crippen LogP contribution in [-0.2, 0) is 17.0 Å². The molecule has 0 aliphatic rings. The normalized spacial score (nSPS) is 11.3. The largest absolute Gasteiger partial charge is 0.573 e.